The number of phenolic OH excluding ortho intramolecular Hbond substituents is 1. The van der Waals surface area contributed by atoms with Gasteiger partial charge in [-0.05, 0) is 81.1 Å². The quantitative estimate of drug-likeness (QED) is 0.0964. The summed E-state index contributed by atoms with van der Waals surface area (Å²) in [5.74, 6) is 0.111. The van der Waals surface area contributed by atoms with Crippen LogP contribution in [0, 0.1) is 0 Å². The number of aromatic amines is 1. The first-order chi connectivity index (χ1) is 22.6. The van der Waals surface area contributed by atoms with Crippen LogP contribution in [0.15, 0.2) is 83.7 Å². The zero-order valence-corrected chi connectivity index (χ0v) is 26.8. The normalized spacial score (nSPS) is 14.0. The summed E-state index contributed by atoms with van der Waals surface area (Å²) in [7, 11) is 0. The zero-order valence-electron chi connectivity index (χ0n) is 26.8. The van der Waals surface area contributed by atoms with Crippen molar-refractivity contribution in [2.24, 2.45) is 0 Å². The number of pyridine rings is 1. The SMILES string of the molecule is O=C(Nc1ccccc1-c1ccccc1)OC1CCN(CCCCCCCCCNCCc2ccc(O)c3[nH]c(=O)ccc23)CC1. The van der Waals surface area contributed by atoms with E-state index in [2.05, 4.69) is 20.5 Å². The lowest BCUT2D eigenvalue weighted by Crippen LogP contribution is -2.38. The minimum atomic E-state index is -0.375. The molecule has 0 bridgehead atoms. The number of ether oxygens (including phenoxy) is 1. The number of H-pyrrole nitrogens is 1. The number of fused-ring (bicyclic) bond motifs is 1. The highest BCUT2D eigenvalue weighted by Gasteiger charge is 2.22. The lowest BCUT2D eigenvalue weighted by Gasteiger charge is -2.31. The van der Waals surface area contributed by atoms with Gasteiger partial charge in [-0.25, -0.2) is 4.79 Å². The number of piperidine rings is 1. The molecule has 5 rings (SSSR count). The van der Waals surface area contributed by atoms with Crippen molar-refractivity contribution in [3.8, 4) is 16.9 Å². The summed E-state index contributed by atoms with van der Waals surface area (Å²) in [6.07, 6.45) is 11.0. The minimum absolute atomic E-state index is 0.0332. The fourth-order valence-electron chi connectivity index (χ4n) is 6.34. The number of carbonyl (C=O) groups is 1. The van der Waals surface area contributed by atoms with E-state index in [0.717, 1.165) is 79.8 Å². The van der Waals surface area contributed by atoms with Crippen LogP contribution in [-0.4, -0.2) is 59.9 Å². The Balaban J connectivity index is 0.862. The van der Waals surface area contributed by atoms with Crippen LogP contribution in [-0.2, 0) is 11.2 Å². The number of amides is 1. The van der Waals surface area contributed by atoms with Crippen LogP contribution in [0.4, 0.5) is 10.5 Å². The number of anilines is 1. The van der Waals surface area contributed by atoms with Gasteiger partial charge in [0, 0.05) is 30.1 Å². The van der Waals surface area contributed by atoms with E-state index in [9.17, 15) is 14.7 Å². The van der Waals surface area contributed by atoms with Crippen LogP contribution < -0.4 is 16.2 Å². The highest BCUT2D eigenvalue weighted by atomic mass is 16.6. The van der Waals surface area contributed by atoms with Gasteiger partial charge in [-0.1, -0.05) is 86.7 Å². The molecule has 1 aromatic heterocycles. The van der Waals surface area contributed by atoms with Gasteiger partial charge in [-0.3, -0.25) is 10.1 Å². The topological polar surface area (TPSA) is 107 Å². The van der Waals surface area contributed by atoms with Crippen molar-refractivity contribution in [2.75, 3.05) is 38.0 Å². The summed E-state index contributed by atoms with van der Waals surface area (Å²) >= 11 is 0. The molecule has 2 heterocycles. The van der Waals surface area contributed by atoms with Crippen molar-refractivity contribution >= 4 is 22.7 Å². The second kappa shape index (κ2) is 17.5. The Hall–Kier alpha value is -4.14. The number of aromatic nitrogens is 1. The third-order valence-electron chi connectivity index (χ3n) is 8.92. The maximum absolute atomic E-state index is 12.7. The summed E-state index contributed by atoms with van der Waals surface area (Å²) in [5, 5.41) is 17.4. The van der Waals surface area contributed by atoms with Gasteiger partial charge in [0.15, 0.2) is 0 Å². The lowest BCUT2D eigenvalue weighted by molar-refractivity contribution is 0.0585. The number of likely N-dealkylation sites (tertiary alicyclic amines) is 1. The number of para-hydroxylation sites is 1. The van der Waals surface area contributed by atoms with Crippen molar-refractivity contribution in [3.63, 3.8) is 0 Å². The van der Waals surface area contributed by atoms with Gasteiger partial charge in [-0.2, -0.15) is 0 Å². The molecular weight excluding hydrogens is 576 g/mol. The first-order valence-corrected chi connectivity index (χ1v) is 17.0. The highest BCUT2D eigenvalue weighted by molar-refractivity contribution is 5.91. The molecular formula is C38H48N4O4. The second-order valence-corrected chi connectivity index (χ2v) is 12.3. The number of hydrogen-bond acceptors (Lipinski definition) is 6. The first kappa shape index (κ1) is 33.2. The van der Waals surface area contributed by atoms with Crippen molar-refractivity contribution in [1.29, 1.82) is 0 Å². The van der Waals surface area contributed by atoms with E-state index >= 15 is 0 Å². The molecule has 1 aliphatic heterocycles. The zero-order chi connectivity index (χ0) is 32.0. The molecule has 0 aliphatic carbocycles. The first-order valence-electron chi connectivity index (χ1n) is 17.0. The summed E-state index contributed by atoms with van der Waals surface area (Å²) in [4.78, 5) is 29.5. The second-order valence-electron chi connectivity index (χ2n) is 12.3. The molecule has 46 heavy (non-hydrogen) atoms. The molecule has 244 valence electrons. The Kier molecular flexibility index (Phi) is 12.7. The van der Waals surface area contributed by atoms with Crippen LogP contribution >= 0.6 is 0 Å². The van der Waals surface area contributed by atoms with Gasteiger partial charge >= 0.3 is 6.09 Å². The van der Waals surface area contributed by atoms with E-state index in [1.807, 2.05) is 60.7 Å². The third-order valence-corrected chi connectivity index (χ3v) is 8.92. The summed E-state index contributed by atoms with van der Waals surface area (Å²) in [6, 6.07) is 24.8. The summed E-state index contributed by atoms with van der Waals surface area (Å²) < 4.78 is 5.79. The van der Waals surface area contributed by atoms with Crippen LogP contribution in [0.25, 0.3) is 22.0 Å². The predicted molar refractivity (Wildman–Crippen MR) is 187 cm³/mol. The van der Waals surface area contributed by atoms with Gasteiger partial charge < -0.3 is 25.0 Å². The van der Waals surface area contributed by atoms with Crippen molar-refractivity contribution in [3.05, 3.63) is 94.8 Å². The molecule has 0 unspecified atom stereocenters. The fourth-order valence-corrected chi connectivity index (χ4v) is 6.34. The number of carbonyl (C=O) groups excluding carboxylic acids is 1. The monoisotopic (exact) mass is 624 g/mol. The Bertz CT molecular complexity index is 1580. The fraction of sp³-hybridized carbons (Fsp3) is 0.421. The van der Waals surface area contributed by atoms with Crippen LogP contribution in [0.2, 0.25) is 0 Å². The summed E-state index contributed by atoms with van der Waals surface area (Å²) in [5.41, 5.74) is 4.26. The minimum Gasteiger partial charge on any atom is -0.506 e. The van der Waals surface area contributed by atoms with Gasteiger partial charge in [0.25, 0.3) is 0 Å². The molecule has 8 nitrogen and oxygen atoms in total. The Labute approximate surface area is 272 Å². The average molecular weight is 625 g/mol. The Morgan fingerprint density at radius 3 is 2.35 bits per heavy atom. The smallest absolute Gasteiger partial charge is 0.411 e. The van der Waals surface area contributed by atoms with Crippen LogP contribution in [0.1, 0.15) is 63.4 Å². The molecule has 1 aliphatic rings. The number of rotatable bonds is 16. The molecule has 0 radical (unpaired) electrons. The summed E-state index contributed by atoms with van der Waals surface area (Å²) in [6.45, 7) is 4.97. The number of phenols is 1. The van der Waals surface area contributed by atoms with E-state index in [4.69, 9.17) is 4.74 Å². The third kappa shape index (κ3) is 9.93. The molecule has 8 heteroatoms. The number of benzene rings is 3. The van der Waals surface area contributed by atoms with Gasteiger partial charge in [-0.15, -0.1) is 0 Å². The van der Waals surface area contributed by atoms with E-state index in [1.165, 1.54) is 51.0 Å². The molecule has 1 amide bonds. The van der Waals surface area contributed by atoms with Gasteiger partial charge in [0.2, 0.25) is 5.56 Å². The number of nitrogens with one attached hydrogen (secondary N) is 3. The molecule has 4 N–H and O–H groups in total. The lowest BCUT2D eigenvalue weighted by atomic mass is 10.0. The van der Waals surface area contributed by atoms with E-state index in [1.54, 1.807) is 12.1 Å². The Morgan fingerprint density at radius 1 is 0.826 bits per heavy atom. The van der Waals surface area contributed by atoms with Crippen molar-refractivity contribution in [1.82, 2.24) is 15.2 Å². The van der Waals surface area contributed by atoms with Crippen LogP contribution in [0.5, 0.6) is 5.75 Å². The number of nitrogens with zero attached hydrogens (tertiary/aromatic N) is 1. The van der Waals surface area contributed by atoms with E-state index < -0.39 is 0 Å². The average Bonchev–Trinajstić information content (AvgIpc) is 3.07. The number of unbranched alkanes of at least 4 members (excludes halogenated alkanes) is 6. The van der Waals surface area contributed by atoms with Crippen LogP contribution in [0.3, 0.4) is 0 Å². The maximum Gasteiger partial charge on any atom is 0.411 e. The largest absolute Gasteiger partial charge is 0.506 e. The molecule has 1 saturated heterocycles. The number of aromatic hydroxyl groups is 1. The molecule has 3 aromatic carbocycles. The Morgan fingerprint density at radius 2 is 1.54 bits per heavy atom. The van der Waals surface area contributed by atoms with Gasteiger partial charge in [0.05, 0.1) is 11.2 Å². The van der Waals surface area contributed by atoms with Crippen molar-refractivity contribution in [2.45, 2.75) is 70.3 Å². The van der Waals surface area contributed by atoms with Crippen molar-refractivity contribution < 1.29 is 14.6 Å². The highest BCUT2D eigenvalue weighted by Crippen LogP contribution is 2.28. The molecule has 0 spiro atoms. The predicted octanol–water partition coefficient (Wildman–Crippen LogP) is 7.48. The molecule has 1 fully saturated rings. The van der Waals surface area contributed by atoms with E-state index in [0.29, 0.717) is 5.52 Å². The maximum atomic E-state index is 12.7. The standard InChI is InChI=1S/C38H48N4O4/c43-35-19-17-30(33-18-20-36(44)41-37(33)35)21-25-39-24-11-4-2-1-3-5-12-26-42-27-22-31(23-28-42)46-38(45)40-34-16-10-9-15-32(34)29-13-7-6-8-14-29/h6-10,13-20,31,39,43H,1-5,11-12,21-28H2,(H,40,45)(H,41,44). The number of hydrogen-bond donors (Lipinski definition) is 4. The molecule has 0 atom stereocenters. The molecule has 4 aromatic rings. The van der Waals surface area contributed by atoms with E-state index in [-0.39, 0.29) is 23.5 Å². The van der Waals surface area contributed by atoms with Gasteiger partial charge in [0.1, 0.15) is 11.9 Å². The molecule has 0 saturated carbocycles.